The van der Waals surface area contributed by atoms with Crippen molar-refractivity contribution in [3.8, 4) is 0 Å². The van der Waals surface area contributed by atoms with Crippen molar-refractivity contribution >= 4 is 8.32 Å². The average Bonchev–Trinajstić information content (AvgIpc) is 2.28. The van der Waals surface area contributed by atoms with E-state index in [2.05, 4.69) is 33.9 Å². The summed E-state index contributed by atoms with van der Waals surface area (Å²) in [6, 6.07) is 0. The van der Waals surface area contributed by atoms with E-state index in [1.54, 1.807) is 0 Å². The molecule has 1 atom stereocenters. The molecule has 0 bridgehead atoms. The quantitative estimate of drug-likeness (QED) is 0.542. The molecule has 0 aromatic heterocycles. The lowest BCUT2D eigenvalue weighted by molar-refractivity contribution is -0.163. The summed E-state index contributed by atoms with van der Waals surface area (Å²) in [6.07, 6.45) is 4.45. The summed E-state index contributed by atoms with van der Waals surface area (Å²) < 4.78 is 17.3. The van der Waals surface area contributed by atoms with Crippen molar-refractivity contribution in [3.63, 3.8) is 0 Å². The molecule has 0 aromatic carbocycles. The van der Waals surface area contributed by atoms with Gasteiger partial charge in [-0.15, -0.1) is 0 Å². The SMILES string of the molecule is CC(C)(C)[Si](C)(C)OCCCOC1CCCCO1. The molecule has 1 aliphatic rings. The van der Waals surface area contributed by atoms with Crippen molar-refractivity contribution in [2.24, 2.45) is 0 Å². The third-order valence-corrected chi connectivity index (χ3v) is 8.54. The van der Waals surface area contributed by atoms with Gasteiger partial charge >= 0.3 is 0 Å². The molecule has 0 radical (unpaired) electrons. The average molecular weight is 274 g/mol. The first-order chi connectivity index (χ1) is 8.33. The van der Waals surface area contributed by atoms with Crippen LogP contribution in [0.15, 0.2) is 0 Å². The number of hydrogen-bond donors (Lipinski definition) is 0. The molecule has 1 unspecified atom stereocenters. The smallest absolute Gasteiger partial charge is 0.191 e. The van der Waals surface area contributed by atoms with Gasteiger partial charge in [-0.25, -0.2) is 0 Å². The van der Waals surface area contributed by atoms with Crippen molar-refractivity contribution in [1.82, 2.24) is 0 Å². The fourth-order valence-electron chi connectivity index (χ4n) is 1.66. The van der Waals surface area contributed by atoms with E-state index in [0.717, 1.165) is 32.7 Å². The van der Waals surface area contributed by atoms with Gasteiger partial charge in [0, 0.05) is 13.2 Å². The first kappa shape index (κ1) is 16.2. The molecule has 0 N–H and O–H groups in total. The highest BCUT2D eigenvalue weighted by atomic mass is 28.4. The van der Waals surface area contributed by atoms with E-state index in [-0.39, 0.29) is 6.29 Å². The Hall–Kier alpha value is 0.0969. The first-order valence-electron chi connectivity index (χ1n) is 7.20. The van der Waals surface area contributed by atoms with E-state index in [4.69, 9.17) is 13.9 Å². The maximum Gasteiger partial charge on any atom is 0.191 e. The van der Waals surface area contributed by atoms with Crippen LogP contribution >= 0.6 is 0 Å². The maximum atomic E-state index is 6.10. The molecular formula is C14H30O3Si. The Morgan fingerprint density at radius 2 is 1.89 bits per heavy atom. The standard InChI is InChI=1S/C14H30O3Si/c1-14(2,3)18(4,5)17-12-8-11-16-13-9-6-7-10-15-13/h13H,6-12H2,1-5H3. The molecular weight excluding hydrogens is 244 g/mol. The molecule has 3 nitrogen and oxygen atoms in total. The summed E-state index contributed by atoms with van der Waals surface area (Å²) in [5.41, 5.74) is 0. The normalized spacial score (nSPS) is 22.2. The van der Waals surface area contributed by atoms with E-state index in [1.807, 2.05) is 0 Å². The van der Waals surface area contributed by atoms with Gasteiger partial charge in [0.15, 0.2) is 14.6 Å². The van der Waals surface area contributed by atoms with Crippen LogP contribution in [0.2, 0.25) is 18.1 Å². The monoisotopic (exact) mass is 274 g/mol. The summed E-state index contributed by atoms with van der Waals surface area (Å²) in [7, 11) is -1.58. The van der Waals surface area contributed by atoms with Crippen LogP contribution in [0, 0.1) is 0 Å². The Morgan fingerprint density at radius 1 is 1.17 bits per heavy atom. The second kappa shape index (κ2) is 7.03. The predicted molar refractivity (Wildman–Crippen MR) is 77.3 cm³/mol. The van der Waals surface area contributed by atoms with Crippen molar-refractivity contribution in [1.29, 1.82) is 0 Å². The molecule has 0 spiro atoms. The van der Waals surface area contributed by atoms with Crippen LogP contribution in [-0.4, -0.2) is 34.4 Å². The zero-order valence-corrected chi connectivity index (χ0v) is 13.8. The van der Waals surface area contributed by atoms with Crippen molar-refractivity contribution in [3.05, 3.63) is 0 Å². The molecule has 4 heteroatoms. The Balaban J connectivity index is 2.08. The van der Waals surface area contributed by atoms with Gasteiger partial charge < -0.3 is 13.9 Å². The van der Waals surface area contributed by atoms with Crippen molar-refractivity contribution in [2.75, 3.05) is 19.8 Å². The van der Waals surface area contributed by atoms with Crippen LogP contribution in [0.5, 0.6) is 0 Å². The van der Waals surface area contributed by atoms with Gasteiger partial charge in [-0.1, -0.05) is 20.8 Å². The molecule has 1 aliphatic heterocycles. The maximum absolute atomic E-state index is 6.10. The third kappa shape index (κ3) is 5.39. The van der Waals surface area contributed by atoms with Gasteiger partial charge in [-0.2, -0.15) is 0 Å². The number of rotatable bonds is 6. The largest absolute Gasteiger partial charge is 0.417 e. The molecule has 108 valence electrons. The van der Waals surface area contributed by atoms with E-state index in [9.17, 15) is 0 Å². The Bertz CT molecular complexity index is 230. The van der Waals surface area contributed by atoms with E-state index >= 15 is 0 Å². The zero-order chi connectivity index (χ0) is 13.6. The predicted octanol–water partition coefficient (Wildman–Crippen LogP) is 3.94. The number of ether oxygens (including phenoxy) is 2. The van der Waals surface area contributed by atoms with E-state index < -0.39 is 8.32 Å². The molecule has 0 aliphatic carbocycles. The molecule has 1 fully saturated rings. The number of hydrogen-bond acceptors (Lipinski definition) is 3. The second-order valence-corrected chi connectivity index (χ2v) is 11.4. The fraction of sp³-hybridized carbons (Fsp3) is 1.00. The highest BCUT2D eigenvalue weighted by Crippen LogP contribution is 2.36. The van der Waals surface area contributed by atoms with E-state index in [0.29, 0.717) is 5.04 Å². The van der Waals surface area contributed by atoms with Gasteiger partial charge in [0.2, 0.25) is 0 Å². The van der Waals surface area contributed by atoms with Crippen molar-refractivity contribution in [2.45, 2.75) is 70.9 Å². The fourth-order valence-corrected chi connectivity index (χ4v) is 2.75. The lowest BCUT2D eigenvalue weighted by atomic mass is 10.2. The summed E-state index contributed by atoms with van der Waals surface area (Å²) >= 11 is 0. The minimum Gasteiger partial charge on any atom is -0.417 e. The highest BCUT2D eigenvalue weighted by Gasteiger charge is 2.36. The van der Waals surface area contributed by atoms with Crippen LogP contribution in [0.3, 0.4) is 0 Å². The van der Waals surface area contributed by atoms with Gasteiger partial charge in [0.1, 0.15) is 0 Å². The van der Waals surface area contributed by atoms with Gasteiger partial charge in [-0.3, -0.25) is 0 Å². The van der Waals surface area contributed by atoms with Crippen molar-refractivity contribution < 1.29 is 13.9 Å². The zero-order valence-electron chi connectivity index (χ0n) is 12.8. The van der Waals surface area contributed by atoms with E-state index in [1.165, 1.54) is 12.8 Å². The molecule has 0 saturated carbocycles. The van der Waals surface area contributed by atoms with Gasteiger partial charge in [0.25, 0.3) is 0 Å². The molecule has 0 aromatic rings. The van der Waals surface area contributed by atoms with Gasteiger partial charge in [-0.05, 0) is 43.8 Å². The minimum absolute atomic E-state index is 0.0339. The molecule has 0 amide bonds. The Morgan fingerprint density at radius 3 is 2.44 bits per heavy atom. The lowest BCUT2D eigenvalue weighted by Gasteiger charge is -2.36. The summed E-state index contributed by atoms with van der Waals surface area (Å²) in [5, 5.41) is 0.292. The Kier molecular flexibility index (Phi) is 6.31. The molecule has 1 rings (SSSR count). The van der Waals surface area contributed by atoms with Crippen LogP contribution in [0.4, 0.5) is 0 Å². The van der Waals surface area contributed by atoms with Crippen LogP contribution in [0.1, 0.15) is 46.5 Å². The van der Waals surface area contributed by atoms with Crippen LogP contribution in [-0.2, 0) is 13.9 Å². The summed E-state index contributed by atoms with van der Waals surface area (Å²) in [5.74, 6) is 0. The Labute approximate surface area is 113 Å². The summed E-state index contributed by atoms with van der Waals surface area (Å²) in [6.45, 7) is 13.8. The molecule has 1 heterocycles. The highest BCUT2D eigenvalue weighted by molar-refractivity contribution is 6.74. The third-order valence-electron chi connectivity index (χ3n) is 4.00. The summed E-state index contributed by atoms with van der Waals surface area (Å²) in [4.78, 5) is 0. The second-order valence-electron chi connectivity index (χ2n) is 6.63. The molecule has 18 heavy (non-hydrogen) atoms. The van der Waals surface area contributed by atoms with Gasteiger partial charge in [0.05, 0.1) is 6.61 Å². The first-order valence-corrected chi connectivity index (χ1v) is 10.1. The molecule has 1 saturated heterocycles. The topological polar surface area (TPSA) is 27.7 Å². The van der Waals surface area contributed by atoms with Crippen LogP contribution < -0.4 is 0 Å². The lowest BCUT2D eigenvalue weighted by Crippen LogP contribution is -2.41. The minimum atomic E-state index is -1.58. The van der Waals surface area contributed by atoms with Crippen LogP contribution in [0.25, 0.3) is 0 Å².